The summed E-state index contributed by atoms with van der Waals surface area (Å²) in [6.07, 6.45) is 1.74. The molecule has 0 saturated carbocycles. The highest BCUT2D eigenvalue weighted by Gasteiger charge is 2.49. The fraction of sp³-hybridized carbons (Fsp3) is 0.474. The largest absolute Gasteiger partial charge is 0.365 e. The van der Waals surface area contributed by atoms with Crippen molar-refractivity contribution in [2.45, 2.75) is 43.8 Å². The minimum atomic E-state index is -1.23. The molecule has 2 bridgehead atoms. The molecule has 1 aromatic rings. The van der Waals surface area contributed by atoms with Gasteiger partial charge in [0, 0.05) is 37.7 Å². The molecular weight excluding hydrogens is 386 g/mol. The van der Waals surface area contributed by atoms with Gasteiger partial charge in [0.1, 0.15) is 17.7 Å². The summed E-state index contributed by atoms with van der Waals surface area (Å²) >= 11 is 0. The highest BCUT2D eigenvalue weighted by molar-refractivity contribution is 6.25. The molecule has 0 aromatic heterocycles. The van der Waals surface area contributed by atoms with Crippen molar-refractivity contribution in [3.8, 4) is 0 Å². The van der Waals surface area contributed by atoms with Gasteiger partial charge in [0.25, 0.3) is 11.8 Å². The van der Waals surface area contributed by atoms with E-state index in [9.17, 15) is 28.0 Å². The van der Waals surface area contributed by atoms with Crippen molar-refractivity contribution in [1.29, 1.82) is 0 Å². The summed E-state index contributed by atoms with van der Waals surface area (Å²) < 4.78 is 29.4. The number of rotatable bonds is 2. The third-order valence-corrected chi connectivity index (χ3v) is 6.13. The molecule has 4 aliphatic heterocycles. The van der Waals surface area contributed by atoms with E-state index in [1.807, 2.05) is 0 Å². The number of imide groups is 2. The highest BCUT2D eigenvalue weighted by atomic mass is 19.1. The monoisotopic (exact) mass is 404 g/mol. The van der Waals surface area contributed by atoms with Crippen molar-refractivity contribution >= 4 is 29.3 Å². The number of piperazine rings is 1. The Kier molecular flexibility index (Phi) is 3.95. The van der Waals surface area contributed by atoms with Crippen molar-refractivity contribution in [2.24, 2.45) is 0 Å². The molecule has 0 spiro atoms. The van der Waals surface area contributed by atoms with Gasteiger partial charge in [0.05, 0.1) is 16.8 Å². The van der Waals surface area contributed by atoms with Crippen molar-refractivity contribution in [1.82, 2.24) is 15.5 Å². The van der Waals surface area contributed by atoms with Gasteiger partial charge in [0.2, 0.25) is 11.8 Å². The van der Waals surface area contributed by atoms with Crippen LogP contribution in [0.4, 0.5) is 14.5 Å². The fourth-order valence-corrected chi connectivity index (χ4v) is 4.86. The number of hydrogen-bond donors (Lipinski definition) is 2. The van der Waals surface area contributed by atoms with Crippen LogP contribution in [0.15, 0.2) is 6.07 Å². The summed E-state index contributed by atoms with van der Waals surface area (Å²) in [5, 5.41) is 5.48. The van der Waals surface area contributed by atoms with Crippen LogP contribution in [-0.4, -0.2) is 59.7 Å². The van der Waals surface area contributed by atoms with E-state index in [-0.39, 0.29) is 36.2 Å². The maximum absolute atomic E-state index is 14.9. The molecule has 5 rings (SSSR count). The summed E-state index contributed by atoms with van der Waals surface area (Å²) in [6, 6.07) is -0.341. The van der Waals surface area contributed by atoms with Crippen LogP contribution in [0.3, 0.4) is 0 Å². The number of carbonyl (C=O) groups is 4. The molecule has 0 radical (unpaired) electrons. The minimum Gasteiger partial charge on any atom is -0.365 e. The van der Waals surface area contributed by atoms with Crippen LogP contribution in [0.25, 0.3) is 0 Å². The molecular formula is C19H18F2N4O4. The first-order chi connectivity index (χ1) is 13.8. The predicted molar refractivity (Wildman–Crippen MR) is 95.2 cm³/mol. The molecule has 2 N–H and O–H groups in total. The predicted octanol–water partition coefficient (Wildman–Crippen LogP) is 0.307. The number of benzene rings is 1. The van der Waals surface area contributed by atoms with E-state index in [0.29, 0.717) is 24.1 Å². The average Bonchev–Trinajstić information content (AvgIpc) is 3.12. The number of amides is 4. The summed E-state index contributed by atoms with van der Waals surface area (Å²) in [6.45, 7) is 0.872. The highest BCUT2D eigenvalue weighted by Crippen LogP contribution is 2.39. The van der Waals surface area contributed by atoms with E-state index in [2.05, 4.69) is 10.6 Å². The quantitative estimate of drug-likeness (QED) is 0.689. The maximum atomic E-state index is 14.9. The molecule has 29 heavy (non-hydrogen) atoms. The molecule has 4 aliphatic rings. The maximum Gasteiger partial charge on any atom is 0.265 e. The van der Waals surface area contributed by atoms with Gasteiger partial charge < -0.3 is 10.2 Å². The van der Waals surface area contributed by atoms with Gasteiger partial charge >= 0.3 is 0 Å². The Morgan fingerprint density at radius 1 is 0.897 bits per heavy atom. The number of hydrogen-bond acceptors (Lipinski definition) is 6. The number of nitrogens with zero attached hydrogens (tertiary/aromatic N) is 2. The Morgan fingerprint density at radius 3 is 2.21 bits per heavy atom. The Bertz CT molecular complexity index is 969. The van der Waals surface area contributed by atoms with Crippen molar-refractivity contribution < 1.29 is 28.0 Å². The SMILES string of the molecule is O=C1CCC(N2C(=O)c3c(F)cc(F)c(N4C[C@H]5CC[C@@H](C4)N5)c3C2=O)C(=O)N1. The molecule has 4 heterocycles. The lowest BCUT2D eigenvalue weighted by atomic mass is 10.0. The van der Waals surface area contributed by atoms with Crippen LogP contribution in [0, 0.1) is 11.6 Å². The fourth-order valence-electron chi connectivity index (χ4n) is 4.86. The summed E-state index contributed by atoms with van der Waals surface area (Å²) in [7, 11) is 0. The van der Waals surface area contributed by atoms with E-state index in [1.54, 1.807) is 4.90 Å². The lowest BCUT2D eigenvalue weighted by molar-refractivity contribution is -0.136. The second kappa shape index (κ2) is 6.31. The first kappa shape index (κ1) is 18.2. The number of nitrogens with one attached hydrogen (secondary N) is 2. The van der Waals surface area contributed by atoms with Crippen LogP contribution in [-0.2, 0) is 9.59 Å². The molecule has 8 nitrogen and oxygen atoms in total. The number of fused-ring (bicyclic) bond motifs is 3. The van der Waals surface area contributed by atoms with Gasteiger partial charge in [-0.3, -0.25) is 29.4 Å². The molecule has 10 heteroatoms. The summed E-state index contributed by atoms with van der Waals surface area (Å²) in [5.41, 5.74) is -0.937. The second-order valence-corrected chi connectivity index (χ2v) is 7.93. The molecule has 0 aliphatic carbocycles. The lowest BCUT2D eigenvalue weighted by Gasteiger charge is -2.35. The topological polar surface area (TPSA) is 98.8 Å². The molecule has 4 amide bonds. The molecule has 3 fully saturated rings. The summed E-state index contributed by atoms with van der Waals surface area (Å²) in [5.74, 6) is -5.22. The molecule has 1 unspecified atom stereocenters. The number of anilines is 1. The second-order valence-electron chi connectivity index (χ2n) is 7.93. The minimum absolute atomic E-state index is 0.0470. The molecule has 3 atom stereocenters. The van der Waals surface area contributed by atoms with E-state index < -0.39 is 46.9 Å². The Morgan fingerprint density at radius 2 is 1.55 bits per heavy atom. The summed E-state index contributed by atoms with van der Waals surface area (Å²) in [4.78, 5) is 52.0. The normalized spacial score (nSPS) is 28.8. The van der Waals surface area contributed by atoms with E-state index in [4.69, 9.17) is 0 Å². The number of piperidine rings is 1. The third kappa shape index (κ3) is 2.65. The molecule has 3 saturated heterocycles. The van der Waals surface area contributed by atoms with Crippen LogP contribution >= 0.6 is 0 Å². The zero-order valence-corrected chi connectivity index (χ0v) is 15.3. The first-order valence-electron chi connectivity index (χ1n) is 9.59. The van der Waals surface area contributed by atoms with E-state index in [1.165, 1.54) is 0 Å². The van der Waals surface area contributed by atoms with Crippen LogP contribution in [0.5, 0.6) is 0 Å². The van der Waals surface area contributed by atoms with Gasteiger partial charge in [0.15, 0.2) is 0 Å². The molecule has 152 valence electrons. The first-order valence-corrected chi connectivity index (χ1v) is 9.59. The van der Waals surface area contributed by atoms with Crippen LogP contribution in [0.1, 0.15) is 46.4 Å². The van der Waals surface area contributed by atoms with Gasteiger partial charge in [-0.25, -0.2) is 8.78 Å². The Balaban J connectivity index is 1.58. The zero-order valence-electron chi connectivity index (χ0n) is 15.3. The van der Waals surface area contributed by atoms with Gasteiger partial charge in [-0.05, 0) is 19.3 Å². The van der Waals surface area contributed by atoms with Gasteiger partial charge in [-0.15, -0.1) is 0 Å². The van der Waals surface area contributed by atoms with Crippen molar-refractivity contribution in [3.05, 3.63) is 28.8 Å². The molecule has 1 aromatic carbocycles. The lowest BCUT2D eigenvalue weighted by Crippen LogP contribution is -2.54. The van der Waals surface area contributed by atoms with Crippen LogP contribution in [0.2, 0.25) is 0 Å². The average molecular weight is 404 g/mol. The van der Waals surface area contributed by atoms with E-state index in [0.717, 1.165) is 12.8 Å². The van der Waals surface area contributed by atoms with Gasteiger partial charge in [-0.2, -0.15) is 0 Å². The van der Waals surface area contributed by atoms with Crippen molar-refractivity contribution in [3.63, 3.8) is 0 Å². The van der Waals surface area contributed by atoms with Crippen LogP contribution < -0.4 is 15.5 Å². The van der Waals surface area contributed by atoms with E-state index >= 15 is 0 Å². The Labute approximate surface area is 164 Å². The Hall–Kier alpha value is -2.88. The smallest absolute Gasteiger partial charge is 0.265 e. The zero-order chi connectivity index (χ0) is 20.4. The standard InChI is InChI=1S/C19H18F2N4O4/c20-10-5-11(21)16(24-6-8-1-2-9(7-24)22-8)15-14(10)18(28)25(19(15)29)12-3-4-13(26)23-17(12)27/h5,8-9,12,22H,1-4,6-7H2,(H,23,26,27)/t8-,9+,12?. The number of carbonyl (C=O) groups excluding carboxylic acids is 4. The third-order valence-electron chi connectivity index (χ3n) is 6.13. The van der Waals surface area contributed by atoms with Crippen molar-refractivity contribution in [2.75, 3.05) is 18.0 Å². The number of halogens is 2. The van der Waals surface area contributed by atoms with Gasteiger partial charge in [-0.1, -0.05) is 0 Å².